The van der Waals surface area contributed by atoms with Crippen molar-refractivity contribution < 1.29 is 14.4 Å². The first-order valence-corrected chi connectivity index (χ1v) is 8.24. The third-order valence-corrected chi connectivity index (χ3v) is 4.78. The molecular weight excluding hydrogens is 312 g/mol. The van der Waals surface area contributed by atoms with Crippen LogP contribution in [0.2, 0.25) is 0 Å². The molecule has 1 aromatic heterocycles. The molecule has 118 valence electrons. The third kappa shape index (κ3) is 2.90. The van der Waals surface area contributed by atoms with Crippen molar-refractivity contribution in [2.45, 2.75) is 19.4 Å². The fraction of sp³-hybridized carbons (Fsp3) is 0.235. The van der Waals surface area contributed by atoms with Crippen LogP contribution in [0.1, 0.15) is 32.5 Å². The fourth-order valence-electron chi connectivity index (χ4n) is 2.59. The molecular formula is C17H16N2O3S. The maximum atomic E-state index is 12.3. The maximum absolute atomic E-state index is 12.3. The molecule has 1 aliphatic heterocycles. The van der Waals surface area contributed by atoms with E-state index in [0.29, 0.717) is 17.7 Å². The average molecular weight is 328 g/mol. The van der Waals surface area contributed by atoms with E-state index in [4.69, 9.17) is 0 Å². The third-order valence-electron chi connectivity index (χ3n) is 3.84. The Hall–Kier alpha value is -2.47. The average Bonchev–Trinajstić information content (AvgIpc) is 3.15. The second-order valence-electron chi connectivity index (χ2n) is 5.32. The van der Waals surface area contributed by atoms with E-state index in [0.717, 1.165) is 11.3 Å². The molecule has 2 aromatic rings. The number of benzene rings is 1. The van der Waals surface area contributed by atoms with Crippen molar-refractivity contribution in [3.8, 4) is 0 Å². The van der Waals surface area contributed by atoms with Gasteiger partial charge in [-0.15, -0.1) is 11.3 Å². The first-order valence-electron chi connectivity index (χ1n) is 7.36. The molecule has 1 aliphatic rings. The zero-order chi connectivity index (χ0) is 16.4. The number of carbonyl (C=O) groups excluding carboxylic acids is 3. The number of nitrogens with one attached hydrogen (secondary N) is 1. The van der Waals surface area contributed by atoms with Crippen molar-refractivity contribution in [2.75, 3.05) is 6.54 Å². The van der Waals surface area contributed by atoms with Gasteiger partial charge in [0.05, 0.1) is 11.1 Å². The molecule has 0 saturated carbocycles. The SMILES string of the molecule is CC(C(=O)NCCc1cccs1)N1C(=O)c2ccccc2C1=O. The monoisotopic (exact) mass is 328 g/mol. The molecule has 1 atom stereocenters. The smallest absolute Gasteiger partial charge is 0.262 e. The van der Waals surface area contributed by atoms with Gasteiger partial charge < -0.3 is 5.32 Å². The number of thiophene rings is 1. The molecule has 1 aromatic carbocycles. The number of fused-ring (bicyclic) bond motifs is 1. The van der Waals surface area contributed by atoms with Crippen LogP contribution < -0.4 is 5.32 Å². The van der Waals surface area contributed by atoms with Crippen LogP contribution >= 0.6 is 11.3 Å². The van der Waals surface area contributed by atoms with Gasteiger partial charge >= 0.3 is 0 Å². The molecule has 0 fully saturated rings. The van der Waals surface area contributed by atoms with Crippen molar-refractivity contribution in [1.82, 2.24) is 10.2 Å². The van der Waals surface area contributed by atoms with Gasteiger partial charge in [-0.25, -0.2) is 0 Å². The molecule has 0 radical (unpaired) electrons. The van der Waals surface area contributed by atoms with E-state index in [-0.39, 0.29) is 5.91 Å². The highest BCUT2D eigenvalue weighted by atomic mass is 32.1. The highest BCUT2D eigenvalue weighted by Gasteiger charge is 2.40. The lowest BCUT2D eigenvalue weighted by Gasteiger charge is -2.21. The van der Waals surface area contributed by atoms with Crippen molar-refractivity contribution >= 4 is 29.1 Å². The van der Waals surface area contributed by atoms with Crippen LogP contribution in [0.3, 0.4) is 0 Å². The molecule has 3 rings (SSSR count). The van der Waals surface area contributed by atoms with Crippen LogP contribution in [0.25, 0.3) is 0 Å². The van der Waals surface area contributed by atoms with Crippen molar-refractivity contribution in [3.05, 3.63) is 57.8 Å². The van der Waals surface area contributed by atoms with E-state index in [1.165, 1.54) is 4.88 Å². The topological polar surface area (TPSA) is 66.5 Å². The molecule has 1 N–H and O–H groups in total. The summed E-state index contributed by atoms with van der Waals surface area (Å²) in [6, 6.07) is 9.77. The van der Waals surface area contributed by atoms with Gasteiger partial charge in [0.25, 0.3) is 11.8 Å². The predicted octanol–water partition coefficient (Wildman–Crippen LogP) is 2.09. The van der Waals surface area contributed by atoms with Gasteiger partial charge in [0.1, 0.15) is 6.04 Å². The molecule has 5 nitrogen and oxygen atoms in total. The van der Waals surface area contributed by atoms with Gasteiger partial charge in [-0.2, -0.15) is 0 Å². The van der Waals surface area contributed by atoms with Crippen LogP contribution in [-0.2, 0) is 11.2 Å². The Bertz CT molecular complexity index is 720. The summed E-state index contributed by atoms with van der Waals surface area (Å²) in [6.45, 7) is 2.05. The lowest BCUT2D eigenvalue weighted by molar-refractivity contribution is -0.124. The Morgan fingerprint density at radius 1 is 1.13 bits per heavy atom. The summed E-state index contributed by atoms with van der Waals surface area (Å²) in [6.07, 6.45) is 0.734. The summed E-state index contributed by atoms with van der Waals surface area (Å²) in [5, 5.41) is 4.77. The van der Waals surface area contributed by atoms with Gasteiger partial charge in [0.15, 0.2) is 0 Å². The van der Waals surface area contributed by atoms with Crippen LogP contribution in [0.4, 0.5) is 0 Å². The zero-order valence-electron chi connectivity index (χ0n) is 12.6. The largest absolute Gasteiger partial charge is 0.354 e. The lowest BCUT2D eigenvalue weighted by Crippen LogP contribution is -2.48. The van der Waals surface area contributed by atoms with E-state index in [2.05, 4.69) is 5.32 Å². The van der Waals surface area contributed by atoms with Gasteiger partial charge in [-0.3, -0.25) is 19.3 Å². The van der Waals surface area contributed by atoms with E-state index < -0.39 is 17.9 Å². The number of carbonyl (C=O) groups is 3. The van der Waals surface area contributed by atoms with Crippen LogP contribution in [0.15, 0.2) is 41.8 Å². The Balaban J connectivity index is 1.64. The first kappa shape index (κ1) is 15.4. The van der Waals surface area contributed by atoms with Crippen LogP contribution in [0, 0.1) is 0 Å². The minimum absolute atomic E-state index is 0.323. The Labute approximate surface area is 137 Å². The van der Waals surface area contributed by atoms with E-state index >= 15 is 0 Å². The van der Waals surface area contributed by atoms with Gasteiger partial charge in [0.2, 0.25) is 5.91 Å². The Kier molecular flexibility index (Phi) is 4.25. The zero-order valence-corrected chi connectivity index (χ0v) is 13.4. The van der Waals surface area contributed by atoms with Crippen molar-refractivity contribution in [1.29, 1.82) is 0 Å². The molecule has 1 unspecified atom stereocenters. The molecule has 0 saturated heterocycles. The van der Waals surface area contributed by atoms with Gasteiger partial charge in [-0.1, -0.05) is 18.2 Å². The molecule has 6 heteroatoms. The van der Waals surface area contributed by atoms with Gasteiger partial charge in [-0.05, 0) is 36.9 Å². The number of imide groups is 1. The summed E-state index contributed by atoms with van der Waals surface area (Å²) in [5.74, 6) is -1.14. The first-order chi connectivity index (χ1) is 11.1. The second-order valence-corrected chi connectivity index (χ2v) is 6.35. The minimum Gasteiger partial charge on any atom is -0.354 e. The number of hydrogen-bond donors (Lipinski definition) is 1. The molecule has 2 heterocycles. The second kappa shape index (κ2) is 6.34. The number of nitrogens with zero attached hydrogens (tertiary/aromatic N) is 1. The number of amides is 3. The summed E-state index contributed by atoms with van der Waals surface area (Å²) in [7, 11) is 0. The summed E-state index contributed by atoms with van der Waals surface area (Å²) < 4.78 is 0. The molecule has 0 spiro atoms. The van der Waals surface area contributed by atoms with Crippen LogP contribution in [-0.4, -0.2) is 35.2 Å². The standard InChI is InChI=1S/C17H16N2O3S/c1-11(15(20)18-9-8-12-5-4-10-23-12)19-16(21)13-6-2-3-7-14(13)17(19)22/h2-7,10-11H,8-9H2,1H3,(H,18,20). The molecule has 3 amide bonds. The highest BCUT2D eigenvalue weighted by molar-refractivity contribution is 7.09. The van der Waals surface area contributed by atoms with Crippen molar-refractivity contribution in [3.63, 3.8) is 0 Å². The Morgan fingerprint density at radius 2 is 1.78 bits per heavy atom. The summed E-state index contributed by atoms with van der Waals surface area (Å²) in [4.78, 5) is 39.1. The summed E-state index contributed by atoms with van der Waals surface area (Å²) >= 11 is 1.63. The predicted molar refractivity (Wildman–Crippen MR) is 87.4 cm³/mol. The molecule has 23 heavy (non-hydrogen) atoms. The molecule has 0 aliphatic carbocycles. The van der Waals surface area contributed by atoms with E-state index in [1.807, 2.05) is 17.5 Å². The lowest BCUT2D eigenvalue weighted by atomic mass is 10.1. The fourth-order valence-corrected chi connectivity index (χ4v) is 3.30. The Morgan fingerprint density at radius 3 is 2.35 bits per heavy atom. The minimum atomic E-state index is -0.828. The summed E-state index contributed by atoms with van der Waals surface area (Å²) in [5.41, 5.74) is 0.714. The van der Waals surface area contributed by atoms with Crippen LogP contribution in [0.5, 0.6) is 0 Å². The number of hydrogen-bond acceptors (Lipinski definition) is 4. The number of rotatable bonds is 5. The van der Waals surface area contributed by atoms with Crippen molar-refractivity contribution in [2.24, 2.45) is 0 Å². The normalized spacial score (nSPS) is 14.7. The molecule has 0 bridgehead atoms. The van der Waals surface area contributed by atoms with Gasteiger partial charge in [0, 0.05) is 11.4 Å². The quantitative estimate of drug-likeness (QED) is 0.855. The van der Waals surface area contributed by atoms with E-state index in [9.17, 15) is 14.4 Å². The van der Waals surface area contributed by atoms with E-state index in [1.54, 1.807) is 42.5 Å². The highest BCUT2D eigenvalue weighted by Crippen LogP contribution is 2.24. The maximum Gasteiger partial charge on any atom is 0.262 e.